The lowest BCUT2D eigenvalue weighted by Crippen LogP contribution is -2.78. The molecule has 1 aromatic heterocycles. The van der Waals surface area contributed by atoms with E-state index in [-0.39, 0.29) is 19.4 Å². The second kappa shape index (κ2) is 5.72. The van der Waals surface area contributed by atoms with E-state index in [1.165, 1.54) is 23.3 Å². The molecule has 134 valence electrons. The van der Waals surface area contributed by atoms with Crippen LogP contribution in [-0.4, -0.2) is 62.6 Å². The predicted octanol–water partition coefficient (Wildman–Crippen LogP) is -1.62. The van der Waals surface area contributed by atoms with E-state index in [4.69, 9.17) is 15.5 Å². The zero-order valence-electron chi connectivity index (χ0n) is 12.4. The number of nitrogens with two attached hydrogens (primary N) is 1. The third-order valence-corrected chi connectivity index (χ3v) is 9.16. The number of fused-ring (bicyclic) bond motifs is 1. The maximum atomic E-state index is 12.1. The van der Waals surface area contributed by atoms with Crippen LogP contribution in [0.4, 0.5) is 0 Å². The van der Waals surface area contributed by atoms with Crippen molar-refractivity contribution in [3.8, 4) is 0 Å². The van der Waals surface area contributed by atoms with Crippen LogP contribution in [0, 0.1) is 0 Å². The lowest BCUT2D eigenvalue weighted by atomic mass is 9.71. The molecule has 2 fully saturated rings. The highest BCUT2D eigenvalue weighted by molar-refractivity contribution is 7.75. The monoisotopic (exact) mass is 382 g/mol. The highest BCUT2D eigenvalue weighted by Gasteiger charge is 2.84. The van der Waals surface area contributed by atoms with Crippen LogP contribution in [0.25, 0.3) is 0 Å². The Balaban J connectivity index is 1.96. The number of hydrogen-bond acceptors (Lipinski definition) is 10. The molecule has 2 unspecified atom stereocenters. The minimum atomic E-state index is -4.96. The van der Waals surface area contributed by atoms with Gasteiger partial charge in [-0.1, -0.05) is 0 Å². The summed E-state index contributed by atoms with van der Waals surface area (Å²) in [5, 5.41) is 6.39. The van der Waals surface area contributed by atoms with E-state index in [2.05, 4.69) is 4.98 Å². The fourth-order valence-corrected chi connectivity index (χ4v) is 6.75. The van der Waals surface area contributed by atoms with Gasteiger partial charge in [-0.15, -0.1) is 0 Å². The zero-order chi connectivity index (χ0) is 17.8. The largest absolute Gasteiger partial charge is 0.447 e. The zero-order valence-corrected chi connectivity index (χ0v) is 14.2. The second-order valence-electron chi connectivity index (χ2n) is 5.79. The molecule has 3 rings (SSSR count). The highest BCUT2D eigenvalue weighted by atomic mass is 31.3. The van der Waals surface area contributed by atoms with Crippen LogP contribution in [0.5, 0.6) is 0 Å². The number of carbonyl (C=O) groups is 1. The summed E-state index contributed by atoms with van der Waals surface area (Å²) in [5.74, 6) is -0.538. The first-order chi connectivity index (χ1) is 11.1. The van der Waals surface area contributed by atoms with Gasteiger partial charge in [-0.3, -0.25) is 4.79 Å². The van der Waals surface area contributed by atoms with Crippen LogP contribution in [0.3, 0.4) is 0 Å². The van der Waals surface area contributed by atoms with Gasteiger partial charge in [0.05, 0.1) is 12.9 Å². The average molecular weight is 382 g/mol. The molecule has 0 amide bonds. The summed E-state index contributed by atoms with van der Waals surface area (Å²) >= 11 is 0. The number of hydrogen-bond donors (Lipinski definition) is 6. The Morgan fingerprint density at radius 1 is 1.42 bits per heavy atom. The summed E-state index contributed by atoms with van der Waals surface area (Å²) in [4.78, 5) is 65.7. The SMILES string of the molecule is NCC(=O)C12CC[C@@]1([P@](O)C(O)(Cn1ccnc1)[P+](O)(O)O)OO2. The number of nitrogens with zero attached hydrogens (tertiary/aromatic N) is 2. The molecule has 2 heterocycles. The number of ketones is 1. The van der Waals surface area contributed by atoms with Crippen molar-refractivity contribution in [1.29, 1.82) is 0 Å². The third kappa shape index (κ3) is 2.22. The quantitative estimate of drug-likeness (QED) is 0.237. The van der Waals surface area contributed by atoms with E-state index < -0.39 is 44.4 Å². The summed E-state index contributed by atoms with van der Waals surface area (Å²) in [6.07, 6.45) is 4.38. The van der Waals surface area contributed by atoms with E-state index >= 15 is 0 Å². The van der Waals surface area contributed by atoms with Gasteiger partial charge in [0.25, 0.3) is 0 Å². The molecule has 1 saturated carbocycles. The smallest absolute Gasteiger partial charge is 0.365 e. The molecule has 2 aliphatic rings. The minimum Gasteiger partial charge on any atom is -0.365 e. The van der Waals surface area contributed by atoms with Crippen molar-refractivity contribution in [2.24, 2.45) is 5.73 Å². The van der Waals surface area contributed by atoms with Gasteiger partial charge in [0.1, 0.15) is 6.54 Å². The van der Waals surface area contributed by atoms with E-state index in [0.29, 0.717) is 0 Å². The van der Waals surface area contributed by atoms with Crippen LogP contribution >= 0.6 is 16.1 Å². The molecule has 1 aliphatic heterocycles. The summed E-state index contributed by atoms with van der Waals surface area (Å²) in [7, 11) is -7.80. The number of imidazole rings is 1. The highest BCUT2D eigenvalue weighted by Crippen LogP contribution is 2.81. The first-order valence-electron chi connectivity index (χ1n) is 6.98. The number of Topliss-reactive ketones (excluding diaryl/α,β-unsaturated/α-hetero) is 1. The van der Waals surface area contributed by atoms with Gasteiger partial charge in [0.2, 0.25) is 5.60 Å². The molecule has 0 bridgehead atoms. The molecule has 11 nitrogen and oxygen atoms in total. The summed E-state index contributed by atoms with van der Waals surface area (Å²) in [5.41, 5.74) is 3.81. The Morgan fingerprint density at radius 3 is 2.50 bits per heavy atom. The minimum absolute atomic E-state index is 0.132. The first kappa shape index (κ1) is 18.2. The Labute approximate surface area is 138 Å². The van der Waals surface area contributed by atoms with Gasteiger partial charge in [0, 0.05) is 12.4 Å². The maximum absolute atomic E-state index is 12.1. The van der Waals surface area contributed by atoms with Crippen molar-refractivity contribution in [2.45, 2.75) is 35.4 Å². The van der Waals surface area contributed by atoms with Crippen LogP contribution in [0.15, 0.2) is 18.7 Å². The molecule has 24 heavy (non-hydrogen) atoms. The van der Waals surface area contributed by atoms with Crippen molar-refractivity contribution in [3.63, 3.8) is 0 Å². The molecule has 13 heteroatoms. The molecule has 7 N–H and O–H groups in total. The van der Waals surface area contributed by atoms with Crippen LogP contribution in [0.2, 0.25) is 0 Å². The third-order valence-electron chi connectivity index (χ3n) is 4.52. The van der Waals surface area contributed by atoms with Crippen molar-refractivity contribution < 1.29 is 39.2 Å². The van der Waals surface area contributed by atoms with E-state index in [1.54, 1.807) is 0 Å². The molecule has 1 aromatic rings. The fraction of sp³-hybridized carbons (Fsp3) is 0.636. The van der Waals surface area contributed by atoms with Crippen LogP contribution in [0.1, 0.15) is 12.8 Å². The average Bonchev–Trinajstić information content (AvgIpc) is 3.01. The number of aliphatic hydroxyl groups is 1. The Hall–Kier alpha value is -0.580. The van der Waals surface area contributed by atoms with Gasteiger partial charge < -0.3 is 20.3 Å². The van der Waals surface area contributed by atoms with E-state index in [9.17, 15) is 29.5 Å². The first-order valence-corrected chi connectivity index (χ1v) is 9.92. The van der Waals surface area contributed by atoms with Crippen molar-refractivity contribution in [2.75, 3.05) is 6.54 Å². The second-order valence-corrected chi connectivity index (χ2v) is 10.1. The van der Waals surface area contributed by atoms with Crippen LogP contribution in [-0.2, 0) is 21.1 Å². The summed E-state index contributed by atoms with van der Waals surface area (Å²) < 4.78 is 1.25. The van der Waals surface area contributed by atoms with Crippen molar-refractivity contribution in [3.05, 3.63) is 18.7 Å². The van der Waals surface area contributed by atoms with Crippen molar-refractivity contribution in [1.82, 2.24) is 9.55 Å². The summed E-state index contributed by atoms with van der Waals surface area (Å²) in [6.45, 7) is -0.934. The van der Waals surface area contributed by atoms with Gasteiger partial charge in [0.15, 0.2) is 19.3 Å². The van der Waals surface area contributed by atoms with E-state index in [1.807, 2.05) is 0 Å². The molecule has 1 aliphatic carbocycles. The lowest BCUT2D eigenvalue weighted by molar-refractivity contribution is -0.543. The maximum Gasteiger partial charge on any atom is 0.447 e. The Kier molecular flexibility index (Phi) is 4.34. The normalized spacial score (nSPS) is 32.9. The molecule has 1 saturated heterocycles. The number of rotatable bonds is 7. The predicted molar refractivity (Wildman–Crippen MR) is 80.8 cm³/mol. The Morgan fingerprint density at radius 2 is 2.12 bits per heavy atom. The summed E-state index contributed by atoms with van der Waals surface area (Å²) in [6, 6.07) is 0. The lowest BCUT2D eigenvalue weighted by Gasteiger charge is -2.64. The molecule has 0 aromatic carbocycles. The topological polar surface area (TPSA) is 181 Å². The molecular weight excluding hydrogens is 364 g/mol. The molecule has 4 atom stereocenters. The van der Waals surface area contributed by atoms with E-state index in [0.717, 1.165) is 0 Å². The van der Waals surface area contributed by atoms with Crippen LogP contribution < -0.4 is 5.73 Å². The Bertz CT molecular complexity index is 628. The van der Waals surface area contributed by atoms with Gasteiger partial charge in [-0.05, 0) is 12.8 Å². The fourth-order valence-electron chi connectivity index (χ4n) is 2.97. The molecular formula is C11H18N3O8P2+. The molecule has 0 spiro atoms. The van der Waals surface area contributed by atoms with Gasteiger partial charge in [-0.25, -0.2) is 14.8 Å². The number of aromatic nitrogens is 2. The van der Waals surface area contributed by atoms with Crippen molar-refractivity contribution >= 4 is 21.9 Å². The standard InChI is InChI=1S/C11H18N3O8P2/c12-5-8(15)9-1-2-10(9,22-21-9)23(17)11(16,24(18,19)20)6-14-4-3-13-7-14/h3-4,7,16-20H,1-2,5-6,12H2/q+1/t9?,10-,11?,23-/m0/s1. The van der Waals surface area contributed by atoms with Gasteiger partial charge >= 0.3 is 13.0 Å². The number of carbonyl (C=O) groups excluding carboxylic acids is 1. The van der Waals surface area contributed by atoms with Gasteiger partial charge in [-0.2, -0.15) is 14.7 Å². The molecule has 0 radical (unpaired) electrons.